The number of anilines is 2. The van der Waals surface area contributed by atoms with Crippen LogP contribution in [0.2, 0.25) is 0 Å². The average molecular weight is 304 g/mol. The first kappa shape index (κ1) is 15.1. The van der Waals surface area contributed by atoms with Crippen LogP contribution in [0.1, 0.15) is 48.1 Å². The highest BCUT2D eigenvalue weighted by molar-refractivity contribution is 6.01. The van der Waals surface area contributed by atoms with Gasteiger partial charge in [-0.25, -0.2) is 0 Å². The Morgan fingerprint density at radius 2 is 2.13 bits per heavy atom. The minimum absolute atomic E-state index is 0.231. The fourth-order valence-electron chi connectivity index (χ4n) is 3.21. The van der Waals surface area contributed by atoms with Gasteiger partial charge in [-0.3, -0.25) is 0 Å². The predicted molar refractivity (Wildman–Crippen MR) is 93.8 cm³/mol. The number of rotatable bonds is 3. The molecule has 23 heavy (non-hydrogen) atoms. The normalized spacial score (nSPS) is 16.3. The van der Waals surface area contributed by atoms with Crippen LogP contribution in [0.15, 0.2) is 36.4 Å². The lowest BCUT2D eigenvalue weighted by Crippen LogP contribution is -2.17. The van der Waals surface area contributed by atoms with Gasteiger partial charge in [0.25, 0.3) is 0 Å². The van der Waals surface area contributed by atoms with Crippen LogP contribution in [-0.4, -0.2) is 5.71 Å². The maximum absolute atomic E-state index is 9.05. The Morgan fingerprint density at radius 3 is 2.87 bits per heavy atom. The van der Waals surface area contributed by atoms with E-state index in [2.05, 4.69) is 17.5 Å². The second kappa shape index (κ2) is 6.13. The molecule has 4 heteroatoms. The van der Waals surface area contributed by atoms with Crippen molar-refractivity contribution in [3.63, 3.8) is 0 Å². The molecule has 2 aromatic rings. The lowest BCUT2D eigenvalue weighted by atomic mass is 9.86. The smallest absolute Gasteiger partial charge is 0.0991 e. The van der Waals surface area contributed by atoms with Crippen molar-refractivity contribution in [1.29, 1.82) is 10.7 Å². The fraction of sp³-hybridized carbons (Fsp3) is 0.263. The maximum Gasteiger partial charge on any atom is 0.0991 e. The van der Waals surface area contributed by atoms with Gasteiger partial charge in [-0.2, -0.15) is 5.26 Å². The third-order valence-electron chi connectivity index (χ3n) is 4.38. The summed E-state index contributed by atoms with van der Waals surface area (Å²) in [4.78, 5) is 0. The first-order valence-electron chi connectivity index (χ1n) is 7.83. The molecular weight excluding hydrogens is 284 g/mol. The molecule has 3 rings (SSSR count). The van der Waals surface area contributed by atoms with Gasteiger partial charge in [0, 0.05) is 22.6 Å². The molecule has 4 N–H and O–H groups in total. The van der Waals surface area contributed by atoms with E-state index in [9.17, 15) is 0 Å². The molecule has 0 spiro atoms. The van der Waals surface area contributed by atoms with E-state index in [-0.39, 0.29) is 6.04 Å². The molecule has 1 unspecified atom stereocenters. The number of hydrogen-bond donors (Lipinski definition) is 3. The monoisotopic (exact) mass is 304 g/mol. The Hall–Kier alpha value is -2.80. The van der Waals surface area contributed by atoms with Crippen LogP contribution in [0.3, 0.4) is 0 Å². The Bertz CT molecular complexity index is 802. The number of nitriles is 1. The van der Waals surface area contributed by atoms with Crippen molar-refractivity contribution < 1.29 is 0 Å². The van der Waals surface area contributed by atoms with Gasteiger partial charge in [-0.15, -0.1) is 0 Å². The zero-order valence-electron chi connectivity index (χ0n) is 13.2. The Labute approximate surface area is 136 Å². The van der Waals surface area contributed by atoms with E-state index < -0.39 is 0 Å². The lowest BCUT2D eigenvalue weighted by Gasteiger charge is -2.27. The van der Waals surface area contributed by atoms with Crippen molar-refractivity contribution in [1.82, 2.24) is 0 Å². The molecule has 4 nitrogen and oxygen atoms in total. The number of nitrogen functional groups attached to an aromatic ring is 1. The minimum Gasteiger partial charge on any atom is -0.398 e. The maximum atomic E-state index is 9.05. The molecule has 2 aromatic carbocycles. The van der Waals surface area contributed by atoms with Crippen molar-refractivity contribution >= 4 is 17.1 Å². The molecule has 1 aliphatic rings. The van der Waals surface area contributed by atoms with Crippen molar-refractivity contribution in [2.24, 2.45) is 0 Å². The third-order valence-corrected chi connectivity index (χ3v) is 4.38. The van der Waals surface area contributed by atoms with Crippen LogP contribution in [0, 0.1) is 16.7 Å². The summed E-state index contributed by atoms with van der Waals surface area (Å²) < 4.78 is 0. The van der Waals surface area contributed by atoms with Gasteiger partial charge in [0.15, 0.2) is 0 Å². The summed E-state index contributed by atoms with van der Waals surface area (Å²) in [5.41, 5.74) is 12.0. The number of nitrogens with zero attached hydrogens (tertiary/aromatic N) is 1. The van der Waals surface area contributed by atoms with Crippen molar-refractivity contribution in [2.75, 3.05) is 11.1 Å². The number of aryl methyl sites for hydroxylation is 1. The highest BCUT2D eigenvalue weighted by atomic mass is 14.9. The molecule has 0 bridgehead atoms. The van der Waals surface area contributed by atoms with E-state index in [1.54, 1.807) is 6.92 Å². The summed E-state index contributed by atoms with van der Waals surface area (Å²) in [6.45, 7) is 1.74. The number of nitrogens with one attached hydrogen (secondary N) is 2. The molecule has 0 fully saturated rings. The van der Waals surface area contributed by atoms with Gasteiger partial charge in [0.2, 0.25) is 0 Å². The van der Waals surface area contributed by atoms with E-state index in [4.69, 9.17) is 16.4 Å². The summed E-state index contributed by atoms with van der Waals surface area (Å²) in [7, 11) is 0. The lowest BCUT2D eigenvalue weighted by molar-refractivity contribution is 0.600. The Morgan fingerprint density at radius 1 is 1.30 bits per heavy atom. The van der Waals surface area contributed by atoms with E-state index in [1.807, 2.05) is 30.3 Å². The van der Waals surface area contributed by atoms with E-state index >= 15 is 0 Å². The summed E-state index contributed by atoms with van der Waals surface area (Å²) in [5.74, 6) is 0. The topological polar surface area (TPSA) is 85.7 Å². The average Bonchev–Trinajstić information content (AvgIpc) is 2.56. The highest BCUT2D eigenvalue weighted by Crippen LogP contribution is 2.33. The Kier molecular flexibility index (Phi) is 4.03. The number of nitrogens with two attached hydrogens (primary N) is 1. The van der Waals surface area contributed by atoms with Gasteiger partial charge < -0.3 is 16.5 Å². The van der Waals surface area contributed by atoms with E-state index in [0.717, 1.165) is 36.1 Å². The largest absolute Gasteiger partial charge is 0.398 e. The molecule has 0 aromatic heterocycles. The van der Waals surface area contributed by atoms with Crippen LogP contribution < -0.4 is 11.1 Å². The molecule has 0 heterocycles. The summed E-state index contributed by atoms with van der Waals surface area (Å²) in [5, 5.41) is 20.4. The molecule has 0 saturated carbocycles. The first-order valence-corrected chi connectivity index (χ1v) is 7.83. The predicted octanol–water partition coefficient (Wildman–Crippen LogP) is 4.02. The van der Waals surface area contributed by atoms with Gasteiger partial charge in [-0.1, -0.05) is 6.07 Å². The van der Waals surface area contributed by atoms with Crippen molar-refractivity contribution in [2.45, 2.75) is 32.2 Å². The van der Waals surface area contributed by atoms with Crippen LogP contribution in [0.4, 0.5) is 11.4 Å². The van der Waals surface area contributed by atoms with Crippen LogP contribution in [-0.2, 0) is 6.42 Å². The zero-order valence-corrected chi connectivity index (χ0v) is 13.2. The van der Waals surface area contributed by atoms with Crippen molar-refractivity contribution in [3.8, 4) is 6.07 Å². The molecule has 0 radical (unpaired) electrons. The summed E-state index contributed by atoms with van der Waals surface area (Å²) >= 11 is 0. The summed E-state index contributed by atoms with van der Waals surface area (Å²) in [6.07, 6.45) is 3.18. The molecule has 1 atom stereocenters. The number of hydrogen-bond acceptors (Lipinski definition) is 4. The van der Waals surface area contributed by atoms with Crippen LogP contribution >= 0.6 is 0 Å². The standard InChI is InChI=1S/C19H20N4/c1-12(21)17-10-15(6-8-18(17)22)23-19-4-2-3-14-9-13(11-20)5-7-16(14)19/h5-10,19,21,23H,2-4,22H2,1H3. The molecule has 0 aliphatic heterocycles. The van der Waals surface area contributed by atoms with Crippen molar-refractivity contribution in [3.05, 3.63) is 58.7 Å². The SMILES string of the molecule is CC(=N)c1cc(NC2CCCc3cc(C#N)ccc32)ccc1N. The molecule has 0 amide bonds. The first-order chi connectivity index (χ1) is 11.1. The molecular formula is C19H20N4. The van der Waals surface area contributed by atoms with Gasteiger partial charge in [0.1, 0.15) is 0 Å². The van der Waals surface area contributed by atoms with Crippen LogP contribution in [0.25, 0.3) is 0 Å². The van der Waals surface area contributed by atoms with E-state index in [0.29, 0.717) is 11.4 Å². The van der Waals surface area contributed by atoms with Gasteiger partial charge >= 0.3 is 0 Å². The molecule has 116 valence electrons. The Balaban J connectivity index is 1.89. The zero-order chi connectivity index (χ0) is 16.4. The van der Waals surface area contributed by atoms with Gasteiger partial charge in [-0.05, 0) is 67.6 Å². The minimum atomic E-state index is 0.231. The van der Waals surface area contributed by atoms with Crippen LogP contribution in [0.5, 0.6) is 0 Å². The number of fused-ring (bicyclic) bond motifs is 1. The second-order valence-electron chi connectivity index (χ2n) is 6.04. The van der Waals surface area contributed by atoms with E-state index in [1.165, 1.54) is 11.1 Å². The van der Waals surface area contributed by atoms with Gasteiger partial charge in [0.05, 0.1) is 17.7 Å². The number of benzene rings is 2. The summed E-state index contributed by atoms with van der Waals surface area (Å²) in [6, 6.07) is 14.1. The second-order valence-corrected chi connectivity index (χ2v) is 6.04. The highest BCUT2D eigenvalue weighted by Gasteiger charge is 2.20. The quantitative estimate of drug-likeness (QED) is 0.591. The third kappa shape index (κ3) is 3.04. The fourth-order valence-corrected chi connectivity index (χ4v) is 3.21. The molecule has 1 aliphatic carbocycles. The molecule has 0 saturated heterocycles.